The first-order valence-electron chi connectivity index (χ1n) is 6.13. The summed E-state index contributed by atoms with van der Waals surface area (Å²) >= 11 is 12.6. The fraction of sp³-hybridized carbons (Fsp3) is 0.231. The molecule has 0 atom stereocenters. The van der Waals surface area contributed by atoms with Gasteiger partial charge in [-0.2, -0.15) is 0 Å². The standard InChI is InChI=1S/C13H14ClN3O2S2/c1-19-7-6-15-13(20)17-16-12(18)11-10(14)8-4-2-3-5-9(8)21-11/h2-5H,6-7H2,1H3,(H,16,18)(H2,15,17,20). The number of methoxy groups -OCH3 is 1. The van der Waals surface area contributed by atoms with Crippen LogP contribution in [-0.2, 0) is 4.74 Å². The first-order valence-corrected chi connectivity index (χ1v) is 7.74. The molecule has 21 heavy (non-hydrogen) atoms. The van der Waals surface area contributed by atoms with Crippen LogP contribution in [0.25, 0.3) is 10.1 Å². The van der Waals surface area contributed by atoms with Crippen LogP contribution in [0.15, 0.2) is 24.3 Å². The third kappa shape index (κ3) is 4.04. The van der Waals surface area contributed by atoms with Crippen LogP contribution in [0.3, 0.4) is 0 Å². The minimum absolute atomic E-state index is 0.317. The Labute approximate surface area is 136 Å². The maximum absolute atomic E-state index is 12.1. The fourth-order valence-corrected chi connectivity index (χ4v) is 3.21. The average molecular weight is 344 g/mol. The second-order valence-corrected chi connectivity index (χ2v) is 5.91. The number of fused-ring (bicyclic) bond motifs is 1. The van der Waals surface area contributed by atoms with Crippen LogP contribution < -0.4 is 16.2 Å². The van der Waals surface area contributed by atoms with Crippen LogP contribution in [0.2, 0.25) is 5.02 Å². The predicted octanol–water partition coefficient (Wildman–Crippen LogP) is 2.31. The monoisotopic (exact) mass is 343 g/mol. The van der Waals surface area contributed by atoms with Crippen LogP contribution >= 0.6 is 35.2 Å². The molecule has 5 nitrogen and oxygen atoms in total. The predicted molar refractivity (Wildman–Crippen MR) is 89.9 cm³/mol. The average Bonchev–Trinajstić information content (AvgIpc) is 2.83. The molecule has 1 amide bonds. The van der Waals surface area contributed by atoms with E-state index in [-0.39, 0.29) is 5.91 Å². The minimum atomic E-state index is -0.322. The quantitative estimate of drug-likeness (QED) is 0.452. The molecule has 1 aromatic carbocycles. The number of rotatable bonds is 4. The van der Waals surface area contributed by atoms with Crippen molar-refractivity contribution in [2.75, 3.05) is 20.3 Å². The number of thiocarbonyl (C=S) groups is 1. The third-order valence-corrected chi connectivity index (χ3v) is 4.54. The van der Waals surface area contributed by atoms with E-state index in [1.807, 2.05) is 24.3 Å². The summed E-state index contributed by atoms with van der Waals surface area (Å²) in [4.78, 5) is 12.6. The van der Waals surface area contributed by atoms with Crippen molar-refractivity contribution in [3.8, 4) is 0 Å². The van der Waals surface area contributed by atoms with E-state index in [1.54, 1.807) is 7.11 Å². The molecule has 0 aliphatic carbocycles. The van der Waals surface area contributed by atoms with Crippen molar-refractivity contribution in [2.24, 2.45) is 0 Å². The number of hydrogen-bond acceptors (Lipinski definition) is 4. The number of halogens is 1. The maximum atomic E-state index is 12.1. The van der Waals surface area contributed by atoms with Crippen molar-refractivity contribution in [2.45, 2.75) is 0 Å². The molecular weight excluding hydrogens is 330 g/mol. The van der Waals surface area contributed by atoms with Crippen molar-refractivity contribution < 1.29 is 9.53 Å². The van der Waals surface area contributed by atoms with Gasteiger partial charge in [-0.05, 0) is 18.3 Å². The lowest BCUT2D eigenvalue weighted by Gasteiger charge is -2.10. The van der Waals surface area contributed by atoms with Gasteiger partial charge in [0, 0.05) is 23.7 Å². The highest BCUT2D eigenvalue weighted by Crippen LogP contribution is 2.34. The van der Waals surface area contributed by atoms with E-state index in [0.717, 1.165) is 10.1 Å². The Bertz CT molecular complexity index is 660. The molecule has 8 heteroatoms. The zero-order valence-corrected chi connectivity index (χ0v) is 13.6. The summed E-state index contributed by atoms with van der Waals surface area (Å²) in [6.45, 7) is 1.08. The number of thiophene rings is 1. The van der Waals surface area contributed by atoms with Crippen LogP contribution in [-0.4, -0.2) is 31.3 Å². The molecule has 0 saturated carbocycles. The van der Waals surface area contributed by atoms with Gasteiger partial charge < -0.3 is 10.1 Å². The zero-order valence-electron chi connectivity index (χ0n) is 11.2. The molecule has 3 N–H and O–H groups in total. The lowest BCUT2D eigenvalue weighted by atomic mass is 10.2. The van der Waals surface area contributed by atoms with E-state index in [4.69, 9.17) is 28.6 Å². The smallest absolute Gasteiger partial charge is 0.281 e. The molecule has 0 unspecified atom stereocenters. The van der Waals surface area contributed by atoms with E-state index in [0.29, 0.717) is 28.2 Å². The Morgan fingerprint density at radius 2 is 2.14 bits per heavy atom. The molecule has 2 rings (SSSR count). The van der Waals surface area contributed by atoms with Gasteiger partial charge in [-0.1, -0.05) is 29.8 Å². The molecule has 0 saturated heterocycles. The van der Waals surface area contributed by atoms with Gasteiger partial charge in [-0.25, -0.2) is 0 Å². The van der Waals surface area contributed by atoms with Gasteiger partial charge in [-0.3, -0.25) is 15.6 Å². The number of ether oxygens (including phenoxy) is 1. The topological polar surface area (TPSA) is 62.4 Å². The van der Waals surface area contributed by atoms with Crippen molar-refractivity contribution >= 4 is 56.3 Å². The number of nitrogens with one attached hydrogen (secondary N) is 3. The van der Waals surface area contributed by atoms with Gasteiger partial charge in [0.2, 0.25) is 0 Å². The number of benzene rings is 1. The highest BCUT2D eigenvalue weighted by molar-refractivity contribution is 7.80. The zero-order chi connectivity index (χ0) is 15.2. The molecule has 0 fully saturated rings. The fourth-order valence-electron chi connectivity index (χ4n) is 1.64. The van der Waals surface area contributed by atoms with Crippen molar-refractivity contribution in [1.82, 2.24) is 16.2 Å². The van der Waals surface area contributed by atoms with E-state index in [9.17, 15) is 4.79 Å². The first-order chi connectivity index (χ1) is 10.1. The summed E-state index contributed by atoms with van der Waals surface area (Å²) in [6, 6.07) is 7.60. The Morgan fingerprint density at radius 3 is 2.86 bits per heavy atom. The summed E-state index contributed by atoms with van der Waals surface area (Å²) in [7, 11) is 1.60. The molecule has 1 heterocycles. The molecule has 1 aromatic heterocycles. The third-order valence-electron chi connectivity index (χ3n) is 2.62. The lowest BCUT2D eigenvalue weighted by molar-refractivity contribution is 0.0948. The van der Waals surface area contributed by atoms with Gasteiger partial charge >= 0.3 is 0 Å². The second-order valence-electron chi connectivity index (χ2n) is 4.07. The minimum Gasteiger partial charge on any atom is -0.383 e. The number of carbonyl (C=O) groups is 1. The molecule has 0 spiro atoms. The van der Waals surface area contributed by atoms with Crippen molar-refractivity contribution in [3.63, 3.8) is 0 Å². The second kappa shape index (κ2) is 7.56. The van der Waals surface area contributed by atoms with Crippen LogP contribution in [0.4, 0.5) is 0 Å². The van der Waals surface area contributed by atoms with E-state index in [1.165, 1.54) is 11.3 Å². The Balaban J connectivity index is 1.96. The summed E-state index contributed by atoms with van der Waals surface area (Å²) in [5.74, 6) is -0.322. The van der Waals surface area contributed by atoms with E-state index < -0.39 is 0 Å². The molecule has 0 radical (unpaired) electrons. The number of hydrogen-bond donors (Lipinski definition) is 3. The van der Waals surface area contributed by atoms with Crippen molar-refractivity contribution in [3.05, 3.63) is 34.2 Å². The van der Waals surface area contributed by atoms with Gasteiger partial charge in [0.05, 0.1) is 11.6 Å². The highest BCUT2D eigenvalue weighted by atomic mass is 35.5. The maximum Gasteiger partial charge on any atom is 0.281 e. The van der Waals surface area contributed by atoms with Crippen LogP contribution in [0.5, 0.6) is 0 Å². The SMILES string of the molecule is COCCNC(=S)NNC(=O)c1sc2ccccc2c1Cl. The Hall–Kier alpha value is -1.41. The van der Waals surface area contributed by atoms with Gasteiger partial charge in [-0.15, -0.1) is 11.3 Å². The highest BCUT2D eigenvalue weighted by Gasteiger charge is 2.16. The normalized spacial score (nSPS) is 10.4. The molecule has 112 valence electrons. The Morgan fingerprint density at radius 1 is 1.38 bits per heavy atom. The first kappa shape index (κ1) is 16.0. The summed E-state index contributed by atoms with van der Waals surface area (Å²) in [6.07, 6.45) is 0. The number of carbonyl (C=O) groups excluding carboxylic acids is 1. The molecule has 0 bridgehead atoms. The largest absolute Gasteiger partial charge is 0.383 e. The molecule has 0 aliphatic rings. The van der Waals surface area contributed by atoms with Crippen LogP contribution in [0, 0.1) is 0 Å². The number of amides is 1. The summed E-state index contributed by atoms with van der Waals surface area (Å²) in [5, 5.41) is 4.52. The molecule has 2 aromatic rings. The van der Waals surface area contributed by atoms with Gasteiger partial charge in [0.25, 0.3) is 5.91 Å². The lowest BCUT2D eigenvalue weighted by Crippen LogP contribution is -2.47. The van der Waals surface area contributed by atoms with Gasteiger partial charge in [0.15, 0.2) is 5.11 Å². The van der Waals surface area contributed by atoms with Crippen LogP contribution in [0.1, 0.15) is 9.67 Å². The summed E-state index contributed by atoms with van der Waals surface area (Å²) < 4.78 is 5.85. The van der Waals surface area contributed by atoms with Crippen molar-refractivity contribution in [1.29, 1.82) is 0 Å². The van der Waals surface area contributed by atoms with E-state index >= 15 is 0 Å². The molecule has 0 aliphatic heterocycles. The molecular formula is C13H14ClN3O2S2. The number of hydrazine groups is 1. The summed E-state index contributed by atoms with van der Waals surface area (Å²) in [5.41, 5.74) is 5.14. The van der Waals surface area contributed by atoms with Gasteiger partial charge in [0.1, 0.15) is 4.88 Å². The van der Waals surface area contributed by atoms with E-state index in [2.05, 4.69) is 16.2 Å². The Kier molecular flexibility index (Phi) is 5.75.